The van der Waals surface area contributed by atoms with Crippen molar-refractivity contribution in [3.63, 3.8) is 0 Å². The zero-order valence-electron chi connectivity index (χ0n) is 8.62. The fourth-order valence-corrected chi connectivity index (χ4v) is 1.50. The van der Waals surface area contributed by atoms with Crippen molar-refractivity contribution < 1.29 is 14.6 Å². The maximum Gasteiger partial charge on any atom is 0.338 e. The fraction of sp³-hybridized carbons (Fsp3) is 0.0909. The summed E-state index contributed by atoms with van der Waals surface area (Å²) in [5.74, 6) is -0.534. The van der Waals surface area contributed by atoms with Crippen LogP contribution in [0.5, 0.6) is 5.75 Å². The van der Waals surface area contributed by atoms with Crippen LogP contribution in [0.4, 0.5) is 0 Å². The normalized spacial score (nSPS) is 10.1. The molecule has 0 atom stereocenters. The standard InChI is InChI=1S/C11H10N2O3/c1-16-9-5-2-4-8(11(14)15)10(9)13-7-3-6-12-13/h2-7H,1H3,(H,14,15). The summed E-state index contributed by atoms with van der Waals surface area (Å²) in [6, 6.07) is 6.57. The number of hydrogen-bond donors (Lipinski definition) is 1. The number of carbonyl (C=O) groups is 1. The van der Waals surface area contributed by atoms with Crippen molar-refractivity contribution in [2.75, 3.05) is 7.11 Å². The van der Waals surface area contributed by atoms with Gasteiger partial charge in [0.15, 0.2) is 0 Å². The van der Waals surface area contributed by atoms with Crippen molar-refractivity contribution in [3.8, 4) is 11.4 Å². The van der Waals surface area contributed by atoms with Crippen LogP contribution in [0.1, 0.15) is 10.4 Å². The molecule has 0 bridgehead atoms. The van der Waals surface area contributed by atoms with Crippen LogP contribution in [0, 0.1) is 0 Å². The minimum absolute atomic E-state index is 0.156. The molecule has 1 N–H and O–H groups in total. The quantitative estimate of drug-likeness (QED) is 0.849. The first-order valence-electron chi connectivity index (χ1n) is 4.64. The molecule has 0 spiro atoms. The Hall–Kier alpha value is -2.30. The van der Waals surface area contributed by atoms with Gasteiger partial charge in [0.25, 0.3) is 0 Å². The Labute approximate surface area is 91.9 Å². The van der Waals surface area contributed by atoms with E-state index in [0.717, 1.165) is 0 Å². The molecule has 0 aliphatic carbocycles. The third-order valence-corrected chi connectivity index (χ3v) is 2.18. The Morgan fingerprint density at radius 1 is 1.44 bits per heavy atom. The molecule has 0 unspecified atom stereocenters. The zero-order chi connectivity index (χ0) is 11.5. The Balaban J connectivity index is 2.68. The van der Waals surface area contributed by atoms with Gasteiger partial charge in [-0.05, 0) is 18.2 Å². The monoisotopic (exact) mass is 218 g/mol. The van der Waals surface area contributed by atoms with Crippen LogP contribution in [-0.4, -0.2) is 28.0 Å². The van der Waals surface area contributed by atoms with Crippen LogP contribution in [0.15, 0.2) is 36.7 Å². The lowest BCUT2D eigenvalue weighted by molar-refractivity contribution is 0.0696. The summed E-state index contributed by atoms with van der Waals surface area (Å²) < 4.78 is 6.61. The number of nitrogens with zero attached hydrogens (tertiary/aromatic N) is 2. The zero-order valence-corrected chi connectivity index (χ0v) is 8.62. The molecule has 0 fully saturated rings. The van der Waals surface area contributed by atoms with E-state index >= 15 is 0 Å². The van der Waals surface area contributed by atoms with E-state index < -0.39 is 5.97 Å². The van der Waals surface area contributed by atoms with E-state index in [-0.39, 0.29) is 5.56 Å². The number of methoxy groups -OCH3 is 1. The summed E-state index contributed by atoms with van der Waals surface area (Å²) in [5.41, 5.74) is 0.588. The predicted octanol–water partition coefficient (Wildman–Crippen LogP) is 1.58. The molecule has 82 valence electrons. The molecule has 2 rings (SSSR count). The smallest absolute Gasteiger partial charge is 0.338 e. The summed E-state index contributed by atoms with van der Waals surface area (Å²) in [5, 5.41) is 13.1. The highest BCUT2D eigenvalue weighted by molar-refractivity contribution is 5.93. The first kappa shape index (κ1) is 10.2. The van der Waals surface area contributed by atoms with Gasteiger partial charge >= 0.3 is 5.97 Å². The van der Waals surface area contributed by atoms with E-state index in [1.54, 1.807) is 30.6 Å². The average molecular weight is 218 g/mol. The van der Waals surface area contributed by atoms with E-state index in [1.165, 1.54) is 17.9 Å². The summed E-state index contributed by atoms with van der Waals surface area (Å²) in [6.45, 7) is 0. The van der Waals surface area contributed by atoms with Gasteiger partial charge in [-0.2, -0.15) is 5.10 Å². The van der Waals surface area contributed by atoms with Gasteiger partial charge in [0.2, 0.25) is 0 Å². The average Bonchev–Trinajstić information content (AvgIpc) is 2.81. The highest BCUT2D eigenvalue weighted by atomic mass is 16.5. The van der Waals surface area contributed by atoms with Crippen molar-refractivity contribution in [2.45, 2.75) is 0 Å². The lowest BCUT2D eigenvalue weighted by Crippen LogP contribution is -2.07. The summed E-state index contributed by atoms with van der Waals surface area (Å²) in [4.78, 5) is 11.1. The molecule has 1 aromatic carbocycles. The molecule has 2 aromatic rings. The van der Waals surface area contributed by atoms with E-state index in [2.05, 4.69) is 5.10 Å². The summed E-state index contributed by atoms with van der Waals surface area (Å²) in [7, 11) is 1.49. The maximum atomic E-state index is 11.1. The molecule has 1 aromatic heterocycles. The largest absolute Gasteiger partial charge is 0.494 e. The molecular weight excluding hydrogens is 208 g/mol. The minimum Gasteiger partial charge on any atom is -0.494 e. The second kappa shape index (κ2) is 4.06. The number of para-hydroxylation sites is 1. The van der Waals surface area contributed by atoms with Crippen LogP contribution in [0.2, 0.25) is 0 Å². The number of hydrogen-bond acceptors (Lipinski definition) is 3. The molecule has 0 saturated carbocycles. The lowest BCUT2D eigenvalue weighted by atomic mass is 10.1. The molecule has 0 amide bonds. The Morgan fingerprint density at radius 3 is 2.81 bits per heavy atom. The van der Waals surface area contributed by atoms with Gasteiger partial charge in [-0.1, -0.05) is 6.07 Å². The first-order chi connectivity index (χ1) is 7.74. The number of ether oxygens (including phenoxy) is 1. The third-order valence-electron chi connectivity index (χ3n) is 2.18. The van der Waals surface area contributed by atoms with Gasteiger partial charge in [0.05, 0.1) is 12.7 Å². The molecule has 0 radical (unpaired) electrons. The van der Waals surface area contributed by atoms with E-state index in [1.807, 2.05) is 0 Å². The highest BCUT2D eigenvalue weighted by Crippen LogP contribution is 2.25. The Kier molecular flexibility index (Phi) is 2.59. The van der Waals surface area contributed by atoms with Crippen molar-refractivity contribution in [2.24, 2.45) is 0 Å². The first-order valence-corrected chi connectivity index (χ1v) is 4.64. The number of carboxylic acid groups (broad SMARTS) is 1. The topological polar surface area (TPSA) is 64.3 Å². The molecule has 0 saturated heterocycles. The number of benzene rings is 1. The molecule has 5 heteroatoms. The Morgan fingerprint density at radius 2 is 2.25 bits per heavy atom. The van der Waals surface area contributed by atoms with Crippen LogP contribution < -0.4 is 4.74 Å². The Bertz CT molecular complexity index is 506. The molecule has 0 aliphatic rings. The summed E-state index contributed by atoms with van der Waals surface area (Å²) in [6.07, 6.45) is 3.25. The van der Waals surface area contributed by atoms with Crippen LogP contribution >= 0.6 is 0 Å². The highest BCUT2D eigenvalue weighted by Gasteiger charge is 2.16. The van der Waals surface area contributed by atoms with Crippen LogP contribution in [0.3, 0.4) is 0 Å². The van der Waals surface area contributed by atoms with Crippen molar-refractivity contribution in [1.29, 1.82) is 0 Å². The van der Waals surface area contributed by atoms with Gasteiger partial charge in [-0.15, -0.1) is 0 Å². The van der Waals surface area contributed by atoms with Crippen LogP contribution in [0.25, 0.3) is 5.69 Å². The van der Waals surface area contributed by atoms with Crippen LogP contribution in [-0.2, 0) is 0 Å². The number of carboxylic acids is 1. The molecule has 0 aliphatic heterocycles. The lowest BCUT2D eigenvalue weighted by Gasteiger charge is -2.10. The second-order valence-corrected chi connectivity index (χ2v) is 3.11. The van der Waals surface area contributed by atoms with Gasteiger partial charge in [0, 0.05) is 12.4 Å². The number of aromatic carboxylic acids is 1. The fourth-order valence-electron chi connectivity index (χ4n) is 1.50. The number of aromatic nitrogens is 2. The molecule has 1 heterocycles. The van der Waals surface area contributed by atoms with Gasteiger partial charge in [0.1, 0.15) is 11.4 Å². The SMILES string of the molecule is COc1cccc(C(=O)O)c1-n1cccn1. The third kappa shape index (κ3) is 1.63. The van der Waals surface area contributed by atoms with Gasteiger partial charge < -0.3 is 9.84 Å². The van der Waals surface area contributed by atoms with Crippen molar-refractivity contribution in [1.82, 2.24) is 9.78 Å². The van der Waals surface area contributed by atoms with E-state index in [4.69, 9.17) is 9.84 Å². The number of rotatable bonds is 3. The van der Waals surface area contributed by atoms with Crippen molar-refractivity contribution in [3.05, 3.63) is 42.2 Å². The second-order valence-electron chi connectivity index (χ2n) is 3.11. The molecule has 16 heavy (non-hydrogen) atoms. The van der Waals surface area contributed by atoms with E-state index in [9.17, 15) is 4.79 Å². The minimum atomic E-state index is -1.01. The summed E-state index contributed by atoms with van der Waals surface area (Å²) >= 11 is 0. The van der Waals surface area contributed by atoms with Crippen molar-refractivity contribution >= 4 is 5.97 Å². The molecular formula is C11H10N2O3. The van der Waals surface area contributed by atoms with Gasteiger partial charge in [-0.3, -0.25) is 0 Å². The van der Waals surface area contributed by atoms with E-state index in [0.29, 0.717) is 11.4 Å². The molecule has 5 nitrogen and oxygen atoms in total. The van der Waals surface area contributed by atoms with Gasteiger partial charge in [-0.25, -0.2) is 9.48 Å². The maximum absolute atomic E-state index is 11.1. The predicted molar refractivity (Wildman–Crippen MR) is 57.1 cm³/mol.